The summed E-state index contributed by atoms with van der Waals surface area (Å²) in [6, 6.07) is 0. The molecule has 1 fully saturated rings. The van der Waals surface area contributed by atoms with Gasteiger partial charge >= 0.3 is 0 Å². The molecule has 0 bridgehead atoms. The molecule has 0 spiro atoms. The zero-order chi connectivity index (χ0) is 15.8. The summed E-state index contributed by atoms with van der Waals surface area (Å²) in [5.74, 6) is 0.875. The van der Waals surface area contributed by atoms with E-state index in [1.165, 1.54) is 43.6 Å². The second-order valence-corrected chi connectivity index (χ2v) is 7.14. The normalized spacial score (nSPS) is 16.6. The summed E-state index contributed by atoms with van der Waals surface area (Å²) < 4.78 is 0. The van der Waals surface area contributed by atoms with Crippen LogP contribution < -0.4 is 10.6 Å². The van der Waals surface area contributed by atoms with E-state index >= 15 is 0 Å². The number of nitrogens with one attached hydrogen (secondary N) is 2. The largest absolute Gasteiger partial charge is 0.355 e. The number of rotatable bonds is 5. The number of nitrogens with zero attached hydrogens (tertiary/aromatic N) is 3. The molecule has 7 heteroatoms. The van der Waals surface area contributed by atoms with Gasteiger partial charge in [-0.3, -0.25) is 4.99 Å². The topological polar surface area (TPSA) is 52.6 Å². The molecular weight excluding hydrogens is 421 g/mol. The van der Waals surface area contributed by atoms with Crippen LogP contribution in [0.25, 0.3) is 0 Å². The summed E-state index contributed by atoms with van der Waals surface area (Å²) in [5.41, 5.74) is 1.12. The van der Waals surface area contributed by atoms with Gasteiger partial charge in [0, 0.05) is 25.0 Å². The zero-order valence-electron chi connectivity index (χ0n) is 14.5. The van der Waals surface area contributed by atoms with E-state index in [0.717, 1.165) is 36.3 Å². The standard InChI is InChI=1S/C16H29N5S.HI/c1-13-15(22-14(2)20-13)12-19-16(17-3)18-8-11-21-9-6-4-5-7-10-21;/h4-12H2,1-3H3,(H2,17,18,19);1H. The van der Waals surface area contributed by atoms with Crippen molar-refractivity contribution in [1.82, 2.24) is 20.5 Å². The molecule has 2 heterocycles. The second-order valence-electron chi connectivity index (χ2n) is 5.85. The maximum Gasteiger partial charge on any atom is 0.191 e. The predicted octanol–water partition coefficient (Wildman–Crippen LogP) is 2.92. The fourth-order valence-corrected chi connectivity index (χ4v) is 3.69. The van der Waals surface area contributed by atoms with Crippen LogP contribution in [0.4, 0.5) is 0 Å². The van der Waals surface area contributed by atoms with Crippen molar-refractivity contribution in [1.29, 1.82) is 0 Å². The molecule has 0 unspecified atom stereocenters. The first kappa shape index (κ1) is 20.6. The maximum absolute atomic E-state index is 4.46. The van der Waals surface area contributed by atoms with E-state index in [0.29, 0.717) is 0 Å². The maximum atomic E-state index is 4.46. The molecule has 0 atom stereocenters. The van der Waals surface area contributed by atoms with E-state index < -0.39 is 0 Å². The smallest absolute Gasteiger partial charge is 0.191 e. The van der Waals surface area contributed by atoms with Gasteiger partial charge in [0.1, 0.15) is 0 Å². The summed E-state index contributed by atoms with van der Waals surface area (Å²) in [7, 11) is 1.83. The van der Waals surface area contributed by atoms with Gasteiger partial charge in [-0.25, -0.2) is 4.98 Å². The Labute approximate surface area is 161 Å². The first-order valence-corrected chi connectivity index (χ1v) is 9.10. The zero-order valence-corrected chi connectivity index (χ0v) is 17.7. The van der Waals surface area contributed by atoms with Gasteiger partial charge in [-0.15, -0.1) is 35.3 Å². The summed E-state index contributed by atoms with van der Waals surface area (Å²) in [6.45, 7) is 9.44. The summed E-state index contributed by atoms with van der Waals surface area (Å²) in [6.07, 6.45) is 5.47. The Morgan fingerprint density at radius 2 is 1.87 bits per heavy atom. The van der Waals surface area contributed by atoms with Gasteiger partial charge in [0.25, 0.3) is 0 Å². The highest BCUT2D eigenvalue weighted by molar-refractivity contribution is 14.0. The fourth-order valence-electron chi connectivity index (χ4n) is 2.81. The van der Waals surface area contributed by atoms with Crippen LogP contribution in [0.5, 0.6) is 0 Å². The lowest BCUT2D eigenvalue weighted by Gasteiger charge is -2.20. The molecule has 0 radical (unpaired) electrons. The number of aryl methyl sites for hydroxylation is 2. The van der Waals surface area contributed by atoms with Crippen LogP contribution in [0.3, 0.4) is 0 Å². The van der Waals surface area contributed by atoms with Crippen molar-refractivity contribution in [3.8, 4) is 0 Å². The average Bonchev–Trinajstić information content (AvgIpc) is 2.70. The van der Waals surface area contributed by atoms with Gasteiger partial charge in [0.05, 0.1) is 17.2 Å². The molecule has 5 nitrogen and oxygen atoms in total. The minimum atomic E-state index is 0. The van der Waals surface area contributed by atoms with Crippen LogP contribution in [-0.2, 0) is 6.54 Å². The average molecular weight is 451 g/mol. The molecule has 23 heavy (non-hydrogen) atoms. The summed E-state index contributed by atoms with van der Waals surface area (Å²) >= 11 is 1.75. The van der Waals surface area contributed by atoms with Crippen molar-refractivity contribution in [2.24, 2.45) is 4.99 Å². The number of hydrogen-bond donors (Lipinski definition) is 2. The Hall–Kier alpha value is -0.410. The van der Waals surface area contributed by atoms with Crippen molar-refractivity contribution < 1.29 is 0 Å². The quantitative estimate of drug-likeness (QED) is 0.411. The predicted molar refractivity (Wildman–Crippen MR) is 110 cm³/mol. The third kappa shape index (κ3) is 7.34. The monoisotopic (exact) mass is 451 g/mol. The van der Waals surface area contributed by atoms with Gasteiger partial charge in [-0.2, -0.15) is 0 Å². The molecule has 0 aromatic carbocycles. The Balaban J connectivity index is 0.00000264. The van der Waals surface area contributed by atoms with Crippen LogP contribution in [0.1, 0.15) is 41.3 Å². The number of hydrogen-bond acceptors (Lipinski definition) is 4. The van der Waals surface area contributed by atoms with Gasteiger partial charge in [0.2, 0.25) is 0 Å². The van der Waals surface area contributed by atoms with Crippen molar-refractivity contribution in [2.45, 2.75) is 46.1 Å². The Morgan fingerprint density at radius 1 is 1.17 bits per heavy atom. The number of guanidine groups is 1. The SMILES string of the molecule is CN=C(NCCN1CCCCCC1)NCc1sc(C)nc1C.I. The van der Waals surface area contributed by atoms with E-state index in [2.05, 4.69) is 39.4 Å². The van der Waals surface area contributed by atoms with Crippen molar-refractivity contribution in [2.75, 3.05) is 33.2 Å². The molecule has 1 saturated heterocycles. The molecule has 0 amide bonds. The Bertz CT molecular complexity index is 481. The number of aliphatic imine (C=N–C) groups is 1. The molecule has 132 valence electrons. The fraction of sp³-hybridized carbons (Fsp3) is 0.750. The van der Waals surface area contributed by atoms with Crippen molar-refractivity contribution >= 4 is 41.3 Å². The van der Waals surface area contributed by atoms with E-state index in [4.69, 9.17) is 0 Å². The number of thiazole rings is 1. The van der Waals surface area contributed by atoms with Crippen molar-refractivity contribution in [3.63, 3.8) is 0 Å². The third-order valence-electron chi connectivity index (χ3n) is 4.06. The minimum absolute atomic E-state index is 0. The van der Waals surface area contributed by atoms with E-state index in [1.54, 1.807) is 11.3 Å². The van der Waals surface area contributed by atoms with E-state index in [-0.39, 0.29) is 24.0 Å². The molecule has 1 aliphatic rings. The van der Waals surface area contributed by atoms with Crippen LogP contribution in [0, 0.1) is 13.8 Å². The van der Waals surface area contributed by atoms with Crippen LogP contribution >= 0.6 is 35.3 Å². The van der Waals surface area contributed by atoms with Gasteiger partial charge in [0.15, 0.2) is 5.96 Å². The Kier molecular flexibility index (Phi) is 10.0. The third-order valence-corrected chi connectivity index (χ3v) is 5.13. The molecule has 1 aromatic heterocycles. The van der Waals surface area contributed by atoms with E-state index in [9.17, 15) is 0 Å². The van der Waals surface area contributed by atoms with Crippen molar-refractivity contribution in [3.05, 3.63) is 15.6 Å². The van der Waals surface area contributed by atoms with Gasteiger partial charge in [-0.1, -0.05) is 12.8 Å². The van der Waals surface area contributed by atoms with Crippen LogP contribution in [-0.4, -0.2) is 49.1 Å². The molecule has 1 aliphatic heterocycles. The van der Waals surface area contributed by atoms with Gasteiger partial charge < -0.3 is 15.5 Å². The highest BCUT2D eigenvalue weighted by Crippen LogP contribution is 2.16. The van der Waals surface area contributed by atoms with Crippen LogP contribution in [0.2, 0.25) is 0 Å². The first-order valence-electron chi connectivity index (χ1n) is 8.29. The highest BCUT2D eigenvalue weighted by Gasteiger charge is 2.09. The molecule has 2 N–H and O–H groups in total. The second kappa shape index (κ2) is 11.2. The van der Waals surface area contributed by atoms with Crippen LogP contribution in [0.15, 0.2) is 4.99 Å². The molecule has 0 aliphatic carbocycles. The Morgan fingerprint density at radius 3 is 2.43 bits per heavy atom. The first-order chi connectivity index (χ1) is 10.7. The summed E-state index contributed by atoms with van der Waals surface area (Å²) in [4.78, 5) is 12.6. The lowest BCUT2D eigenvalue weighted by molar-refractivity contribution is 0.289. The highest BCUT2D eigenvalue weighted by atomic mass is 127. The van der Waals surface area contributed by atoms with E-state index in [1.807, 2.05) is 7.05 Å². The molecule has 2 rings (SSSR count). The number of halogens is 1. The lowest BCUT2D eigenvalue weighted by atomic mass is 10.2. The molecular formula is C16H30IN5S. The minimum Gasteiger partial charge on any atom is -0.355 e. The number of likely N-dealkylation sites (tertiary alicyclic amines) is 1. The molecule has 1 aromatic rings. The lowest BCUT2D eigenvalue weighted by Crippen LogP contribution is -2.41. The van der Waals surface area contributed by atoms with Gasteiger partial charge in [-0.05, 0) is 39.8 Å². The molecule has 0 saturated carbocycles. The number of aromatic nitrogens is 1. The summed E-state index contributed by atoms with van der Waals surface area (Å²) in [5, 5.41) is 7.92.